The minimum Gasteiger partial charge on any atom is -0.496 e. The van der Waals surface area contributed by atoms with Gasteiger partial charge in [0.05, 0.1) is 17.8 Å². The fraction of sp³-hybridized carbons (Fsp3) is 0.360. The van der Waals surface area contributed by atoms with Crippen molar-refractivity contribution in [3.8, 4) is 17.0 Å². The first kappa shape index (κ1) is 21.2. The topological polar surface area (TPSA) is 50.3 Å². The molecule has 32 heavy (non-hydrogen) atoms. The maximum atomic E-state index is 13.6. The zero-order valence-electron chi connectivity index (χ0n) is 18.0. The summed E-state index contributed by atoms with van der Waals surface area (Å²) in [6.07, 6.45) is 2.26. The molecule has 2 aliphatic rings. The number of aromatic nitrogens is 2. The highest BCUT2D eigenvalue weighted by molar-refractivity contribution is 6.33. The van der Waals surface area contributed by atoms with E-state index >= 15 is 0 Å². The summed E-state index contributed by atoms with van der Waals surface area (Å²) in [7, 11) is 1.73. The number of anilines is 1. The number of benzene rings is 2. The van der Waals surface area contributed by atoms with Crippen LogP contribution in [0, 0.1) is 17.7 Å². The predicted octanol–water partition coefficient (Wildman–Crippen LogP) is 5.27. The van der Waals surface area contributed by atoms with Crippen molar-refractivity contribution in [2.75, 3.05) is 25.5 Å². The molecule has 5 nitrogen and oxygen atoms in total. The van der Waals surface area contributed by atoms with Crippen molar-refractivity contribution < 1.29 is 9.13 Å². The standard InChI is InChI=1S/C25H26ClFN4O/c1-32-24-5-3-2-4-16(24)13-31-14-17-10-20(11-18(17)15-31)28-25-9-8-23(29-30-25)21-12-19(27)6-7-22(21)26/h2-9,12,17-18,20H,10-11,13-15H2,1H3,(H,28,30)/t17-,18+,20?. The minimum atomic E-state index is -0.342. The van der Waals surface area contributed by atoms with Crippen LogP contribution in [0.4, 0.5) is 10.2 Å². The van der Waals surface area contributed by atoms with Gasteiger partial charge in [0.25, 0.3) is 0 Å². The Morgan fingerprint density at radius 3 is 2.56 bits per heavy atom. The van der Waals surface area contributed by atoms with Crippen LogP contribution in [-0.4, -0.2) is 41.3 Å². The van der Waals surface area contributed by atoms with Crippen molar-refractivity contribution in [2.24, 2.45) is 11.8 Å². The molecule has 0 amide bonds. The predicted molar refractivity (Wildman–Crippen MR) is 124 cm³/mol. The van der Waals surface area contributed by atoms with Gasteiger partial charge in [-0.3, -0.25) is 4.90 Å². The normalized spacial score (nSPS) is 22.7. The molecule has 2 heterocycles. The number of nitrogens with zero attached hydrogens (tertiary/aromatic N) is 3. The Kier molecular flexibility index (Phi) is 5.98. The third-order valence-corrected chi connectivity index (χ3v) is 6.96. The summed E-state index contributed by atoms with van der Waals surface area (Å²) in [5, 5.41) is 12.6. The van der Waals surface area contributed by atoms with Gasteiger partial charge in [-0.25, -0.2) is 4.39 Å². The molecule has 2 aromatic carbocycles. The summed E-state index contributed by atoms with van der Waals surface area (Å²) in [5.41, 5.74) is 2.37. The van der Waals surface area contributed by atoms with E-state index in [1.165, 1.54) is 23.8 Å². The van der Waals surface area contributed by atoms with E-state index in [-0.39, 0.29) is 5.82 Å². The molecule has 0 bridgehead atoms. The molecule has 1 saturated carbocycles. The molecule has 1 aliphatic heterocycles. The zero-order valence-corrected chi connectivity index (χ0v) is 18.7. The van der Waals surface area contributed by atoms with Crippen LogP contribution in [0.3, 0.4) is 0 Å². The lowest BCUT2D eigenvalue weighted by molar-refractivity contribution is 0.294. The van der Waals surface area contributed by atoms with E-state index in [0.717, 1.165) is 44.0 Å². The number of likely N-dealkylation sites (tertiary alicyclic amines) is 1. The minimum absolute atomic E-state index is 0.342. The quantitative estimate of drug-likeness (QED) is 0.552. The molecule has 1 N–H and O–H groups in total. The molecule has 1 saturated heterocycles. The van der Waals surface area contributed by atoms with E-state index in [4.69, 9.17) is 16.3 Å². The lowest BCUT2D eigenvalue weighted by atomic mass is 10.0. The summed E-state index contributed by atoms with van der Waals surface area (Å²) in [6, 6.07) is 16.6. The van der Waals surface area contributed by atoms with Gasteiger partial charge in [-0.2, -0.15) is 0 Å². The highest BCUT2D eigenvalue weighted by Crippen LogP contribution is 2.40. The molecule has 0 radical (unpaired) electrons. The van der Waals surface area contributed by atoms with Gasteiger partial charge in [-0.05, 0) is 61.1 Å². The summed E-state index contributed by atoms with van der Waals surface area (Å²) >= 11 is 6.18. The summed E-state index contributed by atoms with van der Waals surface area (Å²) in [5.74, 6) is 2.76. The molecule has 166 valence electrons. The van der Waals surface area contributed by atoms with Gasteiger partial charge < -0.3 is 10.1 Å². The number of methoxy groups -OCH3 is 1. The van der Waals surface area contributed by atoms with Crippen LogP contribution in [0.15, 0.2) is 54.6 Å². The van der Waals surface area contributed by atoms with E-state index < -0.39 is 0 Å². The Hall–Kier alpha value is -2.70. The van der Waals surface area contributed by atoms with E-state index in [2.05, 4.69) is 32.5 Å². The maximum absolute atomic E-state index is 13.6. The van der Waals surface area contributed by atoms with Gasteiger partial charge in [0.15, 0.2) is 0 Å². The van der Waals surface area contributed by atoms with Crippen LogP contribution >= 0.6 is 11.6 Å². The third kappa shape index (κ3) is 4.43. The highest BCUT2D eigenvalue weighted by Gasteiger charge is 2.41. The smallest absolute Gasteiger partial charge is 0.148 e. The number of ether oxygens (including phenoxy) is 1. The summed E-state index contributed by atoms with van der Waals surface area (Å²) in [6.45, 7) is 3.16. The SMILES string of the molecule is COc1ccccc1CN1C[C@H]2CC(Nc3ccc(-c4cc(F)ccc4Cl)nn3)C[C@H]2C1. The second-order valence-corrected chi connectivity index (χ2v) is 9.17. The Labute approximate surface area is 192 Å². The van der Waals surface area contributed by atoms with Crippen LogP contribution in [0.1, 0.15) is 18.4 Å². The van der Waals surface area contributed by atoms with Gasteiger partial charge in [0, 0.05) is 36.8 Å². The molecule has 1 unspecified atom stereocenters. The summed E-state index contributed by atoms with van der Waals surface area (Å²) in [4.78, 5) is 2.54. The van der Waals surface area contributed by atoms with Gasteiger partial charge in [0.2, 0.25) is 0 Å². The molecule has 3 aromatic rings. The van der Waals surface area contributed by atoms with Gasteiger partial charge in [0.1, 0.15) is 17.4 Å². The van der Waals surface area contributed by atoms with Crippen LogP contribution in [0.25, 0.3) is 11.3 Å². The number of hydrogen-bond acceptors (Lipinski definition) is 5. The van der Waals surface area contributed by atoms with Gasteiger partial charge >= 0.3 is 0 Å². The van der Waals surface area contributed by atoms with Crippen LogP contribution in [0.2, 0.25) is 5.02 Å². The average molecular weight is 453 g/mol. The molecule has 0 spiro atoms. The first-order valence-corrected chi connectivity index (χ1v) is 11.4. The molecular formula is C25H26ClFN4O. The maximum Gasteiger partial charge on any atom is 0.148 e. The van der Waals surface area contributed by atoms with Crippen molar-refractivity contribution in [1.82, 2.24) is 15.1 Å². The number of para-hydroxylation sites is 1. The average Bonchev–Trinajstić information content (AvgIpc) is 3.34. The summed E-state index contributed by atoms with van der Waals surface area (Å²) < 4.78 is 19.1. The largest absolute Gasteiger partial charge is 0.496 e. The van der Waals surface area contributed by atoms with Crippen LogP contribution in [-0.2, 0) is 6.54 Å². The molecular weight excluding hydrogens is 427 g/mol. The molecule has 3 atom stereocenters. The Morgan fingerprint density at radius 2 is 1.84 bits per heavy atom. The first-order valence-electron chi connectivity index (χ1n) is 11.0. The fourth-order valence-electron chi connectivity index (χ4n) is 5.17. The Bertz CT molecular complexity index is 1080. The van der Waals surface area contributed by atoms with E-state index in [1.807, 2.05) is 24.3 Å². The second kappa shape index (κ2) is 9.04. The van der Waals surface area contributed by atoms with Gasteiger partial charge in [-0.1, -0.05) is 29.8 Å². The Morgan fingerprint density at radius 1 is 1.06 bits per heavy atom. The lowest BCUT2D eigenvalue weighted by Gasteiger charge is -2.20. The van der Waals surface area contributed by atoms with Crippen molar-refractivity contribution >= 4 is 17.4 Å². The number of fused-ring (bicyclic) bond motifs is 1. The van der Waals surface area contributed by atoms with Crippen molar-refractivity contribution in [3.63, 3.8) is 0 Å². The van der Waals surface area contributed by atoms with E-state index in [1.54, 1.807) is 7.11 Å². The third-order valence-electron chi connectivity index (χ3n) is 6.63. The van der Waals surface area contributed by atoms with Crippen molar-refractivity contribution in [2.45, 2.75) is 25.4 Å². The van der Waals surface area contributed by atoms with E-state index in [9.17, 15) is 4.39 Å². The van der Waals surface area contributed by atoms with Crippen molar-refractivity contribution in [1.29, 1.82) is 0 Å². The zero-order chi connectivity index (χ0) is 22.1. The first-order chi connectivity index (χ1) is 15.6. The monoisotopic (exact) mass is 452 g/mol. The number of halogens is 2. The van der Waals surface area contributed by atoms with Crippen LogP contribution in [0.5, 0.6) is 5.75 Å². The number of nitrogens with one attached hydrogen (secondary N) is 1. The molecule has 7 heteroatoms. The molecule has 2 fully saturated rings. The number of hydrogen-bond donors (Lipinski definition) is 1. The van der Waals surface area contributed by atoms with E-state index in [0.29, 0.717) is 34.2 Å². The lowest BCUT2D eigenvalue weighted by Crippen LogP contribution is -2.25. The highest BCUT2D eigenvalue weighted by atomic mass is 35.5. The van der Waals surface area contributed by atoms with Crippen LogP contribution < -0.4 is 10.1 Å². The fourth-order valence-corrected chi connectivity index (χ4v) is 5.39. The van der Waals surface area contributed by atoms with Gasteiger partial charge in [-0.15, -0.1) is 10.2 Å². The molecule has 5 rings (SSSR count). The molecule has 1 aliphatic carbocycles. The molecule has 1 aromatic heterocycles. The second-order valence-electron chi connectivity index (χ2n) is 8.77. The Balaban J connectivity index is 1.17. The number of rotatable bonds is 6. The van der Waals surface area contributed by atoms with Crippen molar-refractivity contribution in [3.05, 3.63) is 71.0 Å².